The largest absolute Gasteiger partial charge is 0.444 e. The molecule has 0 spiro atoms. The van der Waals surface area contributed by atoms with Crippen molar-refractivity contribution < 1.29 is 4.42 Å². The standard InChI is InChI=1S/C25H28N6O.HI/c1-3-26-25(27-15-21-7-4-5-8-22(21)17-31-14-6-13-29-31)28-16-23-18-32-24(30-23)20-11-9-19(2)10-12-20;/h4-14,18H,3,15-17H2,1-2H3,(H2,26,27,28);1H. The SMILES string of the molecule is CCNC(=NCc1ccccc1Cn1cccn1)NCc1coc(-c2ccc(C)cc2)n1.I. The second-order valence-electron chi connectivity index (χ2n) is 7.53. The lowest BCUT2D eigenvalue weighted by molar-refractivity contribution is 0.572. The summed E-state index contributed by atoms with van der Waals surface area (Å²) in [6.45, 7) is 6.70. The van der Waals surface area contributed by atoms with Crippen LogP contribution >= 0.6 is 24.0 Å². The van der Waals surface area contributed by atoms with Crippen LogP contribution in [0.1, 0.15) is 29.3 Å². The van der Waals surface area contributed by atoms with E-state index in [1.54, 1.807) is 12.5 Å². The number of nitrogens with one attached hydrogen (secondary N) is 2. The van der Waals surface area contributed by atoms with Gasteiger partial charge in [-0.05, 0) is 43.2 Å². The van der Waals surface area contributed by atoms with E-state index in [1.807, 2.05) is 41.2 Å². The number of aromatic nitrogens is 3. The summed E-state index contributed by atoms with van der Waals surface area (Å²) in [4.78, 5) is 9.36. The molecule has 4 aromatic rings. The lowest BCUT2D eigenvalue weighted by Crippen LogP contribution is -2.36. The predicted octanol–water partition coefficient (Wildman–Crippen LogP) is 4.77. The first kappa shape index (κ1) is 24.5. The van der Waals surface area contributed by atoms with Gasteiger partial charge in [-0.3, -0.25) is 4.68 Å². The van der Waals surface area contributed by atoms with E-state index in [9.17, 15) is 0 Å². The van der Waals surface area contributed by atoms with Gasteiger partial charge in [0.05, 0.1) is 25.3 Å². The molecule has 0 unspecified atom stereocenters. The van der Waals surface area contributed by atoms with Gasteiger partial charge in [0.15, 0.2) is 5.96 Å². The Balaban J connectivity index is 0.00000306. The Labute approximate surface area is 211 Å². The maximum Gasteiger partial charge on any atom is 0.226 e. The van der Waals surface area contributed by atoms with E-state index in [4.69, 9.17) is 9.41 Å². The number of hydrogen-bond donors (Lipinski definition) is 2. The fourth-order valence-electron chi connectivity index (χ4n) is 3.33. The molecule has 2 heterocycles. The topological polar surface area (TPSA) is 80.3 Å². The van der Waals surface area contributed by atoms with Gasteiger partial charge in [-0.15, -0.1) is 24.0 Å². The number of aliphatic imine (C=N–C) groups is 1. The molecule has 0 radical (unpaired) electrons. The van der Waals surface area contributed by atoms with E-state index in [0.717, 1.165) is 30.3 Å². The maximum atomic E-state index is 5.66. The van der Waals surface area contributed by atoms with Crippen LogP contribution in [0, 0.1) is 6.92 Å². The molecular weight excluding hydrogens is 527 g/mol. The molecule has 33 heavy (non-hydrogen) atoms. The summed E-state index contributed by atoms with van der Waals surface area (Å²) in [5, 5.41) is 10.9. The highest BCUT2D eigenvalue weighted by Crippen LogP contribution is 2.19. The summed E-state index contributed by atoms with van der Waals surface area (Å²) in [7, 11) is 0. The minimum absolute atomic E-state index is 0. The summed E-state index contributed by atoms with van der Waals surface area (Å²) in [5.74, 6) is 1.36. The zero-order valence-corrected chi connectivity index (χ0v) is 21.2. The van der Waals surface area contributed by atoms with Gasteiger partial charge in [-0.25, -0.2) is 9.98 Å². The number of guanidine groups is 1. The Morgan fingerprint density at radius 1 is 1.03 bits per heavy atom. The van der Waals surface area contributed by atoms with Crippen molar-refractivity contribution in [3.8, 4) is 11.5 Å². The van der Waals surface area contributed by atoms with Crippen LogP contribution in [0.3, 0.4) is 0 Å². The normalized spacial score (nSPS) is 11.2. The van der Waals surface area contributed by atoms with Crippen LogP contribution < -0.4 is 10.6 Å². The van der Waals surface area contributed by atoms with Gasteiger partial charge >= 0.3 is 0 Å². The zero-order valence-electron chi connectivity index (χ0n) is 18.9. The third kappa shape index (κ3) is 6.92. The highest BCUT2D eigenvalue weighted by molar-refractivity contribution is 14.0. The molecule has 2 aromatic heterocycles. The summed E-state index contributed by atoms with van der Waals surface area (Å²) in [6.07, 6.45) is 5.45. The van der Waals surface area contributed by atoms with Crippen LogP contribution in [-0.2, 0) is 19.6 Å². The van der Waals surface area contributed by atoms with Gasteiger partial charge in [0.2, 0.25) is 5.89 Å². The average molecular weight is 556 g/mol. The highest BCUT2D eigenvalue weighted by atomic mass is 127. The second-order valence-corrected chi connectivity index (χ2v) is 7.53. The summed E-state index contributed by atoms with van der Waals surface area (Å²) in [6, 6.07) is 18.4. The molecule has 0 bridgehead atoms. The maximum absolute atomic E-state index is 5.66. The Morgan fingerprint density at radius 2 is 1.82 bits per heavy atom. The molecule has 0 amide bonds. The molecule has 172 valence electrons. The number of benzene rings is 2. The Kier molecular flexibility index (Phi) is 9.05. The van der Waals surface area contributed by atoms with Crippen molar-refractivity contribution in [2.75, 3.05) is 6.54 Å². The molecule has 2 N–H and O–H groups in total. The highest BCUT2D eigenvalue weighted by Gasteiger charge is 2.08. The molecule has 0 aliphatic heterocycles. The minimum Gasteiger partial charge on any atom is -0.444 e. The molecule has 8 heteroatoms. The van der Waals surface area contributed by atoms with Gasteiger partial charge in [0.1, 0.15) is 6.26 Å². The monoisotopic (exact) mass is 556 g/mol. The van der Waals surface area contributed by atoms with Crippen molar-refractivity contribution in [1.82, 2.24) is 25.4 Å². The van der Waals surface area contributed by atoms with Crippen LogP contribution in [0.4, 0.5) is 0 Å². The number of hydrogen-bond acceptors (Lipinski definition) is 4. The van der Waals surface area contributed by atoms with Crippen molar-refractivity contribution in [1.29, 1.82) is 0 Å². The van der Waals surface area contributed by atoms with Crippen molar-refractivity contribution in [2.45, 2.75) is 33.5 Å². The summed E-state index contributed by atoms with van der Waals surface area (Å²) >= 11 is 0. The summed E-state index contributed by atoms with van der Waals surface area (Å²) < 4.78 is 7.58. The number of aryl methyl sites for hydroxylation is 1. The van der Waals surface area contributed by atoms with Crippen LogP contribution in [0.25, 0.3) is 11.5 Å². The van der Waals surface area contributed by atoms with Crippen LogP contribution in [0.2, 0.25) is 0 Å². The number of nitrogens with zero attached hydrogens (tertiary/aromatic N) is 4. The third-order valence-electron chi connectivity index (χ3n) is 5.05. The van der Waals surface area contributed by atoms with Gasteiger partial charge < -0.3 is 15.1 Å². The minimum atomic E-state index is 0. The van der Waals surface area contributed by atoms with Crippen LogP contribution in [-0.4, -0.2) is 27.3 Å². The number of rotatable bonds is 8. The van der Waals surface area contributed by atoms with Crippen molar-refractivity contribution >= 4 is 29.9 Å². The Morgan fingerprint density at radius 3 is 2.55 bits per heavy atom. The Bertz CT molecular complexity index is 1150. The van der Waals surface area contributed by atoms with Crippen molar-refractivity contribution in [3.63, 3.8) is 0 Å². The smallest absolute Gasteiger partial charge is 0.226 e. The van der Waals surface area contributed by atoms with E-state index in [-0.39, 0.29) is 24.0 Å². The lowest BCUT2D eigenvalue weighted by atomic mass is 10.1. The zero-order chi connectivity index (χ0) is 22.2. The Hall–Kier alpha value is -3.14. The molecule has 0 atom stereocenters. The second kappa shape index (κ2) is 12.2. The molecular formula is C25H29IN6O. The van der Waals surface area contributed by atoms with Gasteiger partial charge in [0.25, 0.3) is 0 Å². The molecule has 0 aliphatic carbocycles. The van der Waals surface area contributed by atoms with E-state index in [1.165, 1.54) is 16.7 Å². The van der Waals surface area contributed by atoms with Gasteiger partial charge in [-0.1, -0.05) is 42.0 Å². The van der Waals surface area contributed by atoms with Crippen LogP contribution in [0.5, 0.6) is 0 Å². The van der Waals surface area contributed by atoms with Gasteiger partial charge in [0, 0.05) is 24.5 Å². The first-order valence-corrected chi connectivity index (χ1v) is 10.8. The van der Waals surface area contributed by atoms with Gasteiger partial charge in [-0.2, -0.15) is 5.10 Å². The molecule has 4 rings (SSSR count). The molecule has 0 saturated heterocycles. The van der Waals surface area contributed by atoms with Crippen LogP contribution in [0.15, 0.2) is 82.7 Å². The molecule has 2 aromatic carbocycles. The third-order valence-corrected chi connectivity index (χ3v) is 5.05. The van der Waals surface area contributed by atoms with Crippen molar-refractivity contribution in [3.05, 3.63) is 95.6 Å². The van der Waals surface area contributed by atoms with Crippen molar-refractivity contribution in [2.24, 2.45) is 4.99 Å². The van der Waals surface area contributed by atoms with E-state index in [0.29, 0.717) is 19.0 Å². The molecule has 0 saturated carbocycles. The quantitative estimate of drug-likeness (QED) is 0.186. The van der Waals surface area contributed by atoms with E-state index in [2.05, 4.69) is 58.8 Å². The fourth-order valence-corrected chi connectivity index (χ4v) is 3.33. The molecule has 7 nitrogen and oxygen atoms in total. The number of halogens is 1. The number of oxazole rings is 1. The first-order valence-electron chi connectivity index (χ1n) is 10.8. The summed E-state index contributed by atoms with van der Waals surface area (Å²) in [5.41, 5.74) is 5.37. The molecule has 0 fully saturated rings. The first-order chi connectivity index (χ1) is 15.7. The van der Waals surface area contributed by atoms with E-state index >= 15 is 0 Å². The van der Waals surface area contributed by atoms with E-state index < -0.39 is 0 Å². The fraction of sp³-hybridized carbons (Fsp3) is 0.240. The predicted molar refractivity (Wildman–Crippen MR) is 142 cm³/mol. The average Bonchev–Trinajstić information content (AvgIpc) is 3.49. The molecule has 0 aliphatic rings. The lowest BCUT2D eigenvalue weighted by Gasteiger charge is -2.12.